The quantitative estimate of drug-likeness (QED) is 0.701. The van der Waals surface area contributed by atoms with Gasteiger partial charge in [-0.3, -0.25) is 14.1 Å². The molecule has 1 aliphatic rings. The first kappa shape index (κ1) is 17.7. The van der Waals surface area contributed by atoms with Crippen LogP contribution in [0.1, 0.15) is 49.0 Å². The first-order valence-corrected chi connectivity index (χ1v) is 9.61. The Bertz CT molecular complexity index is 877. The predicted octanol–water partition coefficient (Wildman–Crippen LogP) is 3.09. The van der Waals surface area contributed by atoms with Gasteiger partial charge < -0.3 is 5.32 Å². The number of amides is 1. The van der Waals surface area contributed by atoms with Gasteiger partial charge in [0.2, 0.25) is 11.7 Å². The third-order valence-corrected chi connectivity index (χ3v) is 5.14. The van der Waals surface area contributed by atoms with Crippen LogP contribution in [0.15, 0.2) is 48.9 Å². The van der Waals surface area contributed by atoms with E-state index in [0.29, 0.717) is 12.2 Å². The zero-order valence-electron chi connectivity index (χ0n) is 15.6. The molecule has 27 heavy (non-hydrogen) atoms. The number of carbonyl (C=O) groups excluding carboxylic acids is 1. The Hall–Kier alpha value is -2.73. The van der Waals surface area contributed by atoms with E-state index in [-0.39, 0.29) is 11.9 Å². The van der Waals surface area contributed by atoms with Crippen LogP contribution in [0.3, 0.4) is 0 Å². The molecular weight excluding hydrogens is 338 g/mol. The Morgan fingerprint density at radius 1 is 1.22 bits per heavy atom. The number of nitrogens with zero attached hydrogens (tertiary/aromatic N) is 4. The Labute approximate surface area is 159 Å². The van der Waals surface area contributed by atoms with Gasteiger partial charge in [0.1, 0.15) is 0 Å². The molecule has 1 aliphatic heterocycles. The lowest BCUT2D eigenvalue weighted by Gasteiger charge is -2.17. The van der Waals surface area contributed by atoms with Crippen molar-refractivity contribution in [2.45, 2.75) is 45.3 Å². The molecule has 3 heterocycles. The van der Waals surface area contributed by atoms with Gasteiger partial charge in [0.05, 0.1) is 11.7 Å². The summed E-state index contributed by atoms with van der Waals surface area (Å²) in [6.07, 6.45) is 7.79. The molecule has 140 valence electrons. The standard InChI is InChI=1S/C21H25N5O/c1-2-18(19-15-26-12-6-10-22-21(26)24-19)23-20(27)9-5-11-25-13-16-7-3-4-8-17(16)14-25/h3-4,6-8,10,12,15,18H,2,5,9,11,13-14H2,1H3,(H,23,27). The fraction of sp³-hybridized carbons (Fsp3) is 0.381. The highest BCUT2D eigenvalue weighted by atomic mass is 16.1. The molecule has 1 amide bonds. The lowest BCUT2D eigenvalue weighted by atomic mass is 10.1. The summed E-state index contributed by atoms with van der Waals surface area (Å²) < 4.78 is 1.88. The van der Waals surface area contributed by atoms with E-state index in [0.717, 1.165) is 38.2 Å². The minimum Gasteiger partial charge on any atom is -0.348 e. The van der Waals surface area contributed by atoms with Crippen LogP contribution < -0.4 is 5.32 Å². The van der Waals surface area contributed by atoms with Gasteiger partial charge in [-0.15, -0.1) is 0 Å². The molecule has 3 aromatic rings. The topological polar surface area (TPSA) is 62.5 Å². The zero-order chi connectivity index (χ0) is 18.6. The summed E-state index contributed by atoms with van der Waals surface area (Å²) in [4.78, 5) is 23.6. The van der Waals surface area contributed by atoms with Gasteiger partial charge in [-0.25, -0.2) is 9.97 Å². The molecule has 1 unspecified atom stereocenters. The van der Waals surface area contributed by atoms with Crippen LogP contribution in [0.5, 0.6) is 0 Å². The number of carbonyl (C=O) groups is 1. The van der Waals surface area contributed by atoms with Crippen LogP contribution in [0.25, 0.3) is 5.78 Å². The average molecular weight is 363 g/mol. The maximum absolute atomic E-state index is 12.4. The van der Waals surface area contributed by atoms with Crippen LogP contribution in [0.4, 0.5) is 0 Å². The van der Waals surface area contributed by atoms with E-state index in [1.807, 2.05) is 22.9 Å². The van der Waals surface area contributed by atoms with Crippen molar-refractivity contribution in [1.82, 2.24) is 24.6 Å². The second-order valence-corrected chi connectivity index (χ2v) is 7.10. The maximum atomic E-state index is 12.4. The molecule has 6 nitrogen and oxygen atoms in total. The Balaban J connectivity index is 1.27. The highest BCUT2D eigenvalue weighted by molar-refractivity contribution is 5.76. The summed E-state index contributed by atoms with van der Waals surface area (Å²) in [6, 6.07) is 10.4. The molecule has 6 heteroatoms. The molecule has 0 fully saturated rings. The number of benzene rings is 1. The first-order chi connectivity index (χ1) is 13.2. The van der Waals surface area contributed by atoms with Gasteiger partial charge >= 0.3 is 0 Å². The van der Waals surface area contributed by atoms with E-state index < -0.39 is 0 Å². The zero-order valence-corrected chi connectivity index (χ0v) is 15.6. The molecule has 1 N–H and O–H groups in total. The number of rotatable bonds is 7. The SMILES string of the molecule is CCC(NC(=O)CCCN1Cc2ccccc2C1)c1cn2cccnc2n1. The van der Waals surface area contributed by atoms with Crippen molar-refractivity contribution in [2.75, 3.05) is 6.54 Å². The normalized spacial score (nSPS) is 15.0. The monoisotopic (exact) mass is 363 g/mol. The molecule has 0 bridgehead atoms. The van der Waals surface area contributed by atoms with E-state index in [1.54, 1.807) is 6.20 Å². The van der Waals surface area contributed by atoms with Gasteiger partial charge in [-0.2, -0.15) is 0 Å². The lowest BCUT2D eigenvalue weighted by molar-refractivity contribution is -0.122. The van der Waals surface area contributed by atoms with Crippen molar-refractivity contribution in [2.24, 2.45) is 0 Å². The second-order valence-electron chi connectivity index (χ2n) is 7.10. The van der Waals surface area contributed by atoms with Crippen molar-refractivity contribution >= 4 is 11.7 Å². The largest absolute Gasteiger partial charge is 0.348 e. The summed E-state index contributed by atoms with van der Waals surface area (Å²) >= 11 is 0. The Kier molecular flexibility index (Phi) is 5.16. The molecule has 4 rings (SSSR count). The highest BCUT2D eigenvalue weighted by Gasteiger charge is 2.19. The third kappa shape index (κ3) is 4.01. The number of fused-ring (bicyclic) bond motifs is 2. The molecule has 0 aliphatic carbocycles. The summed E-state index contributed by atoms with van der Waals surface area (Å²) in [7, 11) is 0. The third-order valence-electron chi connectivity index (χ3n) is 5.14. The van der Waals surface area contributed by atoms with Gasteiger partial charge in [-0.05, 0) is 36.6 Å². The molecule has 0 spiro atoms. The van der Waals surface area contributed by atoms with Gasteiger partial charge in [0, 0.05) is 38.1 Å². The molecule has 1 aromatic carbocycles. The minimum absolute atomic E-state index is 0.0739. The fourth-order valence-corrected chi connectivity index (χ4v) is 3.69. The molecular formula is C21H25N5O. The van der Waals surface area contributed by atoms with Crippen molar-refractivity contribution in [1.29, 1.82) is 0 Å². The number of aromatic nitrogens is 3. The van der Waals surface area contributed by atoms with Crippen LogP contribution in [-0.2, 0) is 17.9 Å². The van der Waals surface area contributed by atoms with Crippen molar-refractivity contribution in [3.63, 3.8) is 0 Å². The number of hydrogen-bond donors (Lipinski definition) is 1. The summed E-state index contributed by atoms with van der Waals surface area (Å²) in [6.45, 7) is 4.98. The van der Waals surface area contributed by atoms with Gasteiger partial charge in [0.25, 0.3) is 0 Å². The van der Waals surface area contributed by atoms with Crippen molar-refractivity contribution in [3.05, 3.63) is 65.7 Å². The smallest absolute Gasteiger partial charge is 0.233 e. The van der Waals surface area contributed by atoms with E-state index in [2.05, 4.69) is 51.4 Å². The summed E-state index contributed by atoms with van der Waals surface area (Å²) in [5, 5.41) is 3.13. The van der Waals surface area contributed by atoms with Crippen LogP contribution in [-0.4, -0.2) is 31.7 Å². The molecule has 0 saturated heterocycles. The number of hydrogen-bond acceptors (Lipinski definition) is 4. The van der Waals surface area contributed by atoms with E-state index in [4.69, 9.17) is 0 Å². The van der Waals surface area contributed by atoms with Crippen LogP contribution in [0.2, 0.25) is 0 Å². The van der Waals surface area contributed by atoms with Crippen molar-refractivity contribution in [3.8, 4) is 0 Å². The maximum Gasteiger partial charge on any atom is 0.233 e. The molecule has 1 atom stereocenters. The van der Waals surface area contributed by atoms with E-state index in [1.165, 1.54) is 11.1 Å². The van der Waals surface area contributed by atoms with Gasteiger partial charge in [0.15, 0.2) is 0 Å². The second kappa shape index (κ2) is 7.88. The number of nitrogens with one attached hydrogen (secondary N) is 1. The number of imidazole rings is 1. The Morgan fingerprint density at radius 2 is 2.00 bits per heavy atom. The summed E-state index contributed by atoms with van der Waals surface area (Å²) in [5.74, 6) is 0.748. The van der Waals surface area contributed by atoms with E-state index in [9.17, 15) is 4.79 Å². The van der Waals surface area contributed by atoms with Crippen molar-refractivity contribution < 1.29 is 4.79 Å². The predicted molar refractivity (Wildman–Crippen MR) is 104 cm³/mol. The van der Waals surface area contributed by atoms with Crippen LogP contribution >= 0.6 is 0 Å². The first-order valence-electron chi connectivity index (χ1n) is 9.61. The van der Waals surface area contributed by atoms with Crippen LogP contribution in [0, 0.1) is 0 Å². The molecule has 0 radical (unpaired) electrons. The Morgan fingerprint density at radius 3 is 2.70 bits per heavy atom. The van der Waals surface area contributed by atoms with E-state index >= 15 is 0 Å². The lowest BCUT2D eigenvalue weighted by Crippen LogP contribution is -2.29. The van der Waals surface area contributed by atoms with Gasteiger partial charge in [-0.1, -0.05) is 31.2 Å². The molecule has 2 aromatic heterocycles. The average Bonchev–Trinajstić information content (AvgIpc) is 3.29. The summed E-state index contributed by atoms with van der Waals surface area (Å²) in [5.41, 5.74) is 3.68. The highest BCUT2D eigenvalue weighted by Crippen LogP contribution is 2.22. The molecule has 0 saturated carbocycles. The minimum atomic E-state index is -0.0739. The fourth-order valence-electron chi connectivity index (χ4n) is 3.69.